The standard InChI is InChI=1S/C23H18N2O/c1-17-12-13-21-22(14-17)25(16-24-21)23(26)20(19-10-6-3-7-11-19)15-18-8-4-2-5-9-18/h2-16H,1H3/b20-15+. The number of fused-ring (bicyclic) bond motifs is 1. The summed E-state index contributed by atoms with van der Waals surface area (Å²) in [6.07, 6.45) is 3.54. The molecule has 1 heterocycles. The molecule has 0 fully saturated rings. The van der Waals surface area contributed by atoms with Crippen molar-refractivity contribution in [2.75, 3.05) is 0 Å². The second-order valence-corrected chi connectivity index (χ2v) is 6.25. The van der Waals surface area contributed by atoms with Crippen molar-refractivity contribution in [1.29, 1.82) is 0 Å². The zero-order valence-electron chi connectivity index (χ0n) is 14.5. The van der Waals surface area contributed by atoms with Crippen LogP contribution in [0.5, 0.6) is 0 Å². The Labute approximate surface area is 152 Å². The van der Waals surface area contributed by atoms with Gasteiger partial charge in [0.05, 0.1) is 11.0 Å². The number of benzene rings is 3. The second-order valence-electron chi connectivity index (χ2n) is 6.25. The normalized spacial score (nSPS) is 11.7. The molecule has 0 N–H and O–H groups in total. The minimum absolute atomic E-state index is 0.0897. The third-order valence-electron chi connectivity index (χ3n) is 4.35. The molecule has 0 aliphatic carbocycles. The molecule has 0 amide bonds. The predicted octanol–water partition coefficient (Wildman–Crippen LogP) is 5.23. The average Bonchev–Trinajstić information content (AvgIpc) is 3.10. The van der Waals surface area contributed by atoms with Gasteiger partial charge >= 0.3 is 0 Å². The lowest BCUT2D eigenvalue weighted by Gasteiger charge is -2.09. The molecule has 3 aromatic carbocycles. The zero-order chi connectivity index (χ0) is 17.9. The van der Waals surface area contributed by atoms with Crippen molar-refractivity contribution in [3.63, 3.8) is 0 Å². The summed E-state index contributed by atoms with van der Waals surface area (Å²) >= 11 is 0. The van der Waals surface area contributed by atoms with Crippen LogP contribution in [0, 0.1) is 6.92 Å². The molecule has 0 saturated heterocycles. The number of hydrogen-bond acceptors (Lipinski definition) is 2. The van der Waals surface area contributed by atoms with Gasteiger partial charge in [0.15, 0.2) is 0 Å². The zero-order valence-corrected chi connectivity index (χ0v) is 14.5. The van der Waals surface area contributed by atoms with Gasteiger partial charge in [0.2, 0.25) is 0 Å². The van der Waals surface area contributed by atoms with Crippen LogP contribution in [0.3, 0.4) is 0 Å². The lowest BCUT2D eigenvalue weighted by Crippen LogP contribution is -2.11. The fraction of sp³-hybridized carbons (Fsp3) is 0.0435. The molecule has 126 valence electrons. The first kappa shape index (κ1) is 16.0. The van der Waals surface area contributed by atoms with Crippen LogP contribution in [-0.4, -0.2) is 15.5 Å². The van der Waals surface area contributed by atoms with Crippen LogP contribution in [0.4, 0.5) is 0 Å². The van der Waals surface area contributed by atoms with Gasteiger partial charge in [-0.2, -0.15) is 0 Å². The number of aromatic nitrogens is 2. The van der Waals surface area contributed by atoms with Crippen molar-refractivity contribution in [3.05, 3.63) is 102 Å². The first-order valence-corrected chi connectivity index (χ1v) is 8.53. The maximum atomic E-state index is 13.4. The van der Waals surface area contributed by atoms with E-state index in [9.17, 15) is 4.79 Å². The van der Waals surface area contributed by atoms with Crippen LogP contribution in [0.25, 0.3) is 22.7 Å². The summed E-state index contributed by atoms with van der Waals surface area (Å²) in [5.74, 6) is -0.0897. The molecule has 26 heavy (non-hydrogen) atoms. The molecule has 3 heteroatoms. The largest absolute Gasteiger partial charge is 0.268 e. The molecular formula is C23H18N2O. The van der Waals surface area contributed by atoms with E-state index in [1.54, 1.807) is 10.9 Å². The van der Waals surface area contributed by atoms with Crippen molar-refractivity contribution in [1.82, 2.24) is 9.55 Å². The smallest absolute Gasteiger partial charge is 0.264 e. The van der Waals surface area contributed by atoms with Crippen molar-refractivity contribution >= 4 is 28.6 Å². The Morgan fingerprint density at radius 1 is 0.923 bits per heavy atom. The van der Waals surface area contributed by atoms with Crippen molar-refractivity contribution < 1.29 is 4.79 Å². The van der Waals surface area contributed by atoms with E-state index in [1.807, 2.05) is 91.9 Å². The molecule has 4 aromatic rings. The van der Waals surface area contributed by atoms with Crippen molar-refractivity contribution in [2.45, 2.75) is 6.92 Å². The fourth-order valence-corrected chi connectivity index (χ4v) is 3.01. The van der Waals surface area contributed by atoms with Gasteiger partial charge in [-0.25, -0.2) is 4.98 Å². The lowest BCUT2D eigenvalue weighted by atomic mass is 10.0. The van der Waals surface area contributed by atoms with Gasteiger partial charge in [0, 0.05) is 5.57 Å². The Balaban J connectivity index is 1.87. The molecule has 1 aromatic heterocycles. The van der Waals surface area contributed by atoms with Crippen molar-refractivity contribution in [3.8, 4) is 0 Å². The van der Waals surface area contributed by atoms with Crippen LogP contribution in [0.15, 0.2) is 85.2 Å². The molecule has 0 atom stereocenters. The van der Waals surface area contributed by atoms with Gasteiger partial charge in [-0.05, 0) is 41.8 Å². The van der Waals surface area contributed by atoms with E-state index in [1.165, 1.54) is 0 Å². The minimum Gasteiger partial charge on any atom is -0.268 e. The monoisotopic (exact) mass is 338 g/mol. The first-order valence-electron chi connectivity index (χ1n) is 8.53. The quantitative estimate of drug-likeness (QED) is 0.379. The van der Waals surface area contributed by atoms with Gasteiger partial charge in [0.1, 0.15) is 6.33 Å². The number of carbonyl (C=O) groups excluding carboxylic acids is 1. The highest BCUT2D eigenvalue weighted by molar-refractivity contribution is 6.26. The maximum absolute atomic E-state index is 13.4. The van der Waals surface area contributed by atoms with E-state index >= 15 is 0 Å². The summed E-state index contributed by atoms with van der Waals surface area (Å²) in [7, 11) is 0. The Morgan fingerprint density at radius 2 is 1.62 bits per heavy atom. The molecule has 0 unspecified atom stereocenters. The molecular weight excluding hydrogens is 320 g/mol. The fourth-order valence-electron chi connectivity index (χ4n) is 3.01. The maximum Gasteiger partial charge on any atom is 0.264 e. The van der Waals surface area contributed by atoms with E-state index in [0.717, 1.165) is 27.7 Å². The highest BCUT2D eigenvalue weighted by Gasteiger charge is 2.17. The molecule has 0 spiro atoms. The summed E-state index contributed by atoms with van der Waals surface area (Å²) in [4.78, 5) is 17.8. The third kappa shape index (κ3) is 3.07. The molecule has 0 radical (unpaired) electrons. The Hall–Kier alpha value is -3.46. The van der Waals surface area contributed by atoms with E-state index < -0.39 is 0 Å². The van der Waals surface area contributed by atoms with Crippen molar-refractivity contribution in [2.24, 2.45) is 0 Å². The van der Waals surface area contributed by atoms with Gasteiger partial charge in [0.25, 0.3) is 5.91 Å². The van der Waals surface area contributed by atoms with Gasteiger partial charge < -0.3 is 0 Å². The number of rotatable bonds is 3. The minimum atomic E-state index is -0.0897. The van der Waals surface area contributed by atoms with Gasteiger partial charge in [-0.15, -0.1) is 0 Å². The number of imidazole rings is 1. The van der Waals surface area contributed by atoms with Crippen LogP contribution in [-0.2, 0) is 0 Å². The first-order chi connectivity index (χ1) is 12.7. The molecule has 0 saturated carbocycles. The van der Waals surface area contributed by atoms with Crippen LogP contribution < -0.4 is 0 Å². The molecule has 0 bridgehead atoms. The van der Waals surface area contributed by atoms with Crippen LogP contribution in [0.2, 0.25) is 0 Å². The Kier molecular flexibility index (Phi) is 4.20. The molecule has 0 aliphatic rings. The summed E-state index contributed by atoms with van der Waals surface area (Å²) in [5, 5.41) is 0. The van der Waals surface area contributed by atoms with E-state index in [2.05, 4.69) is 4.98 Å². The SMILES string of the molecule is Cc1ccc2ncn(C(=O)/C(=C/c3ccccc3)c3ccccc3)c2c1. The molecule has 4 rings (SSSR count). The number of allylic oxidation sites excluding steroid dienone is 1. The summed E-state index contributed by atoms with van der Waals surface area (Å²) in [6.45, 7) is 2.01. The second kappa shape index (κ2) is 6.81. The summed E-state index contributed by atoms with van der Waals surface area (Å²) in [6, 6.07) is 25.6. The summed E-state index contributed by atoms with van der Waals surface area (Å²) in [5.41, 5.74) is 5.25. The van der Waals surface area contributed by atoms with Gasteiger partial charge in [-0.3, -0.25) is 9.36 Å². The lowest BCUT2D eigenvalue weighted by molar-refractivity contribution is 0.0985. The van der Waals surface area contributed by atoms with E-state index in [0.29, 0.717) is 5.57 Å². The number of nitrogens with zero attached hydrogens (tertiary/aromatic N) is 2. The van der Waals surface area contributed by atoms with E-state index in [4.69, 9.17) is 0 Å². The molecule has 0 aliphatic heterocycles. The number of carbonyl (C=O) groups is 1. The van der Waals surface area contributed by atoms with E-state index in [-0.39, 0.29) is 5.91 Å². The summed E-state index contributed by atoms with van der Waals surface area (Å²) < 4.78 is 1.63. The third-order valence-corrected chi connectivity index (χ3v) is 4.35. The Bertz CT molecular complexity index is 1090. The molecule has 3 nitrogen and oxygen atoms in total. The highest BCUT2D eigenvalue weighted by Crippen LogP contribution is 2.23. The Morgan fingerprint density at radius 3 is 2.35 bits per heavy atom. The number of hydrogen-bond donors (Lipinski definition) is 0. The predicted molar refractivity (Wildman–Crippen MR) is 106 cm³/mol. The topological polar surface area (TPSA) is 34.9 Å². The number of aryl methyl sites for hydroxylation is 1. The van der Waals surface area contributed by atoms with Crippen LogP contribution >= 0.6 is 0 Å². The van der Waals surface area contributed by atoms with Gasteiger partial charge in [-0.1, -0.05) is 66.7 Å². The highest BCUT2D eigenvalue weighted by atomic mass is 16.2. The van der Waals surface area contributed by atoms with Crippen LogP contribution in [0.1, 0.15) is 21.5 Å². The average molecular weight is 338 g/mol.